The van der Waals surface area contributed by atoms with Crippen LogP contribution in [0, 0.1) is 11.3 Å². The third kappa shape index (κ3) is 2.86. The van der Waals surface area contributed by atoms with Gasteiger partial charge in [0.05, 0.1) is 40.9 Å². The number of hydrogen-bond acceptors (Lipinski definition) is 4. The number of aromatic nitrogens is 4. The molecule has 0 bridgehead atoms. The van der Waals surface area contributed by atoms with Crippen LogP contribution in [0.3, 0.4) is 0 Å². The number of nitrogens with zero attached hydrogens (tertiary/aromatic N) is 4. The minimum absolute atomic E-state index is 0.225. The summed E-state index contributed by atoms with van der Waals surface area (Å²) in [6.07, 6.45) is 5.54. The van der Waals surface area contributed by atoms with Crippen molar-refractivity contribution >= 4 is 21.9 Å². The second kappa shape index (κ2) is 6.73. The monoisotopic (exact) mass is 377 g/mol. The van der Waals surface area contributed by atoms with Gasteiger partial charge in [0.1, 0.15) is 0 Å². The van der Waals surface area contributed by atoms with Crippen LogP contribution in [0.4, 0.5) is 0 Å². The molecule has 6 heteroatoms. The molecule has 2 aromatic carbocycles. The molecular formula is C23H15N5O. The minimum Gasteiger partial charge on any atom is -0.304 e. The van der Waals surface area contributed by atoms with Crippen molar-refractivity contribution in [2.24, 2.45) is 0 Å². The predicted molar refractivity (Wildman–Crippen MR) is 112 cm³/mol. The van der Waals surface area contributed by atoms with E-state index in [-0.39, 0.29) is 5.69 Å². The van der Waals surface area contributed by atoms with Gasteiger partial charge in [-0.3, -0.25) is 14.5 Å². The predicted octanol–water partition coefficient (Wildman–Crippen LogP) is 4.00. The van der Waals surface area contributed by atoms with Gasteiger partial charge in [-0.2, -0.15) is 5.26 Å². The Morgan fingerprint density at radius 2 is 1.79 bits per heavy atom. The molecule has 0 saturated carbocycles. The highest BCUT2D eigenvalue weighted by Crippen LogP contribution is 2.28. The summed E-state index contributed by atoms with van der Waals surface area (Å²) in [7, 11) is 0. The van der Waals surface area contributed by atoms with Crippen LogP contribution in [-0.2, 0) is 6.42 Å². The fourth-order valence-corrected chi connectivity index (χ4v) is 3.61. The number of nitriles is 1. The lowest BCUT2D eigenvalue weighted by molar-refractivity contribution is 1.02. The highest BCUT2D eigenvalue weighted by Gasteiger charge is 2.14. The molecule has 0 atom stereocenters. The molecule has 0 aliphatic rings. The second-order valence-corrected chi connectivity index (χ2v) is 6.76. The Balaban J connectivity index is 1.78. The van der Waals surface area contributed by atoms with Crippen molar-refractivity contribution in [1.29, 1.82) is 5.26 Å². The summed E-state index contributed by atoms with van der Waals surface area (Å²) in [6, 6.07) is 19.5. The Bertz CT molecular complexity index is 1440. The van der Waals surface area contributed by atoms with Crippen LogP contribution >= 0.6 is 0 Å². The number of pyridine rings is 2. The Morgan fingerprint density at radius 1 is 1.00 bits per heavy atom. The Kier molecular flexibility index (Phi) is 3.92. The zero-order valence-electron chi connectivity index (χ0n) is 15.3. The van der Waals surface area contributed by atoms with Gasteiger partial charge in [0, 0.05) is 17.8 Å². The van der Waals surface area contributed by atoms with Gasteiger partial charge >= 0.3 is 5.69 Å². The topological polar surface area (TPSA) is 87.4 Å². The first-order chi connectivity index (χ1) is 14.2. The number of aromatic amines is 1. The van der Waals surface area contributed by atoms with E-state index in [1.807, 2.05) is 54.6 Å². The molecule has 0 aliphatic heterocycles. The molecule has 0 aliphatic carbocycles. The summed E-state index contributed by atoms with van der Waals surface area (Å²) in [4.78, 5) is 24.2. The number of hydrogen-bond donors (Lipinski definition) is 1. The molecule has 6 nitrogen and oxygen atoms in total. The molecule has 0 saturated heterocycles. The van der Waals surface area contributed by atoms with E-state index < -0.39 is 0 Å². The first-order valence-electron chi connectivity index (χ1n) is 9.15. The maximum absolute atomic E-state index is 12.8. The number of nitrogens with one attached hydrogen (secondary N) is 1. The van der Waals surface area contributed by atoms with E-state index in [9.17, 15) is 4.79 Å². The number of rotatable bonds is 3. The summed E-state index contributed by atoms with van der Waals surface area (Å²) in [5.41, 5.74) is 5.77. The Morgan fingerprint density at radius 3 is 2.55 bits per heavy atom. The van der Waals surface area contributed by atoms with E-state index in [2.05, 4.69) is 21.0 Å². The van der Waals surface area contributed by atoms with Crippen molar-refractivity contribution in [3.05, 3.63) is 89.2 Å². The fraction of sp³-hybridized carbons (Fsp3) is 0.0435. The highest BCUT2D eigenvalue weighted by atomic mass is 16.1. The molecule has 1 N–H and O–H groups in total. The van der Waals surface area contributed by atoms with Gasteiger partial charge in [-0.25, -0.2) is 4.79 Å². The maximum atomic E-state index is 12.8. The summed E-state index contributed by atoms with van der Waals surface area (Å²) in [6.45, 7) is 0. The van der Waals surface area contributed by atoms with Crippen LogP contribution in [0.1, 0.15) is 5.56 Å². The average Bonchev–Trinajstić information content (AvgIpc) is 3.11. The van der Waals surface area contributed by atoms with Crippen molar-refractivity contribution in [2.45, 2.75) is 6.42 Å². The summed E-state index contributed by atoms with van der Waals surface area (Å²) < 4.78 is 1.66. The molecular weight excluding hydrogens is 362 g/mol. The molecule has 138 valence electrons. The molecule has 0 unspecified atom stereocenters. The Hall–Kier alpha value is -4.24. The summed E-state index contributed by atoms with van der Waals surface area (Å²) in [5, 5.41) is 9.76. The molecule has 0 spiro atoms. The lowest BCUT2D eigenvalue weighted by atomic mass is 10.0. The van der Waals surface area contributed by atoms with Crippen LogP contribution in [0.25, 0.3) is 38.8 Å². The second-order valence-electron chi connectivity index (χ2n) is 6.76. The molecule has 3 aromatic heterocycles. The minimum atomic E-state index is -0.225. The van der Waals surface area contributed by atoms with E-state index >= 15 is 0 Å². The number of imidazole rings is 1. The quantitative estimate of drug-likeness (QED) is 0.515. The van der Waals surface area contributed by atoms with Crippen LogP contribution in [0.5, 0.6) is 0 Å². The number of H-pyrrole nitrogens is 1. The number of fused-ring (bicyclic) bond motifs is 3. The third-order valence-corrected chi connectivity index (χ3v) is 5.00. The van der Waals surface area contributed by atoms with Gasteiger partial charge in [-0.15, -0.1) is 0 Å². The zero-order chi connectivity index (χ0) is 19.8. The lowest BCUT2D eigenvalue weighted by Crippen LogP contribution is -2.14. The first-order valence-corrected chi connectivity index (χ1v) is 9.15. The maximum Gasteiger partial charge on any atom is 0.331 e. The molecule has 5 rings (SSSR count). The smallest absolute Gasteiger partial charge is 0.304 e. The van der Waals surface area contributed by atoms with Crippen molar-refractivity contribution in [1.82, 2.24) is 19.5 Å². The normalized spacial score (nSPS) is 11.0. The largest absolute Gasteiger partial charge is 0.331 e. The van der Waals surface area contributed by atoms with E-state index in [0.717, 1.165) is 38.8 Å². The van der Waals surface area contributed by atoms with Crippen molar-refractivity contribution in [3.63, 3.8) is 0 Å². The molecule has 0 fully saturated rings. The SMILES string of the molecule is N#CCc1ccc(-n2c(=O)[nH]c3cnc4ccc(-c5ccncc5)cc4c32)cc1. The van der Waals surface area contributed by atoms with E-state index in [0.29, 0.717) is 11.9 Å². The van der Waals surface area contributed by atoms with Crippen LogP contribution in [-0.4, -0.2) is 19.5 Å². The average molecular weight is 377 g/mol. The van der Waals surface area contributed by atoms with Gasteiger partial charge in [-0.05, 0) is 53.1 Å². The molecule has 29 heavy (non-hydrogen) atoms. The molecule has 3 heterocycles. The zero-order valence-corrected chi connectivity index (χ0v) is 15.3. The van der Waals surface area contributed by atoms with Gasteiger partial charge in [0.2, 0.25) is 0 Å². The lowest BCUT2D eigenvalue weighted by Gasteiger charge is -2.08. The summed E-state index contributed by atoms with van der Waals surface area (Å²) >= 11 is 0. The van der Waals surface area contributed by atoms with Crippen LogP contribution in [0.15, 0.2) is 78.0 Å². The van der Waals surface area contributed by atoms with Crippen LogP contribution in [0.2, 0.25) is 0 Å². The Labute approximate surface area is 165 Å². The van der Waals surface area contributed by atoms with E-state index in [4.69, 9.17) is 5.26 Å². The van der Waals surface area contributed by atoms with Crippen molar-refractivity contribution in [3.8, 4) is 22.9 Å². The standard InChI is InChI=1S/C23H15N5O/c24-10-7-15-1-4-18(5-2-15)28-22-19-13-17(16-8-11-25-12-9-16)3-6-20(19)26-14-21(22)27-23(28)29/h1-6,8-9,11-14H,7H2,(H,27,29). The molecule has 0 amide bonds. The third-order valence-electron chi connectivity index (χ3n) is 5.00. The van der Waals surface area contributed by atoms with Crippen molar-refractivity contribution in [2.75, 3.05) is 0 Å². The van der Waals surface area contributed by atoms with Gasteiger partial charge in [-0.1, -0.05) is 18.2 Å². The molecule has 5 aromatic rings. The summed E-state index contributed by atoms with van der Waals surface area (Å²) in [5.74, 6) is 0. The number of benzene rings is 2. The van der Waals surface area contributed by atoms with Crippen LogP contribution < -0.4 is 5.69 Å². The van der Waals surface area contributed by atoms with Gasteiger partial charge in [0.25, 0.3) is 0 Å². The van der Waals surface area contributed by atoms with E-state index in [1.54, 1.807) is 23.2 Å². The van der Waals surface area contributed by atoms with Gasteiger partial charge in [0.15, 0.2) is 0 Å². The van der Waals surface area contributed by atoms with Gasteiger partial charge < -0.3 is 4.98 Å². The van der Waals surface area contributed by atoms with E-state index in [1.165, 1.54) is 0 Å². The highest BCUT2D eigenvalue weighted by molar-refractivity contribution is 6.04. The fourth-order valence-electron chi connectivity index (χ4n) is 3.61. The molecule has 0 radical (unpaired) electrons. The van der Waals surface area contributed by atoms with Crippen molar-refractivity contribution < 1.29 is 0 Å². The first kappa shape index (κ1) is 16.9.